The van der Waals surface area contributed by atoms with Crippen molar-refractivity contribution in [2.75, 3.05) is 0 Å². The van der Waals surface area contributed by atoms with Gasteiger partial charge in [-0.1, -0.05) is 24.6 Å². The summed E-state index contributed by atoms with van der Waals surface area (Å²) in [6, 6.07) is 12.7. The Balaban J connectivity index is 1.98. The van der Waals surface area contributed by atoms with Gasteiger partial charge >= 0.3 is 0 Å². The summed E-state index contributed by atoms with van der Waals surface area (Å²) in [6.07, 6.45) is 8.56. The number of carbonyl (C=O) groups is 1. The Morgan fingerprint density at radius 1 is 1.09 bits per heavy atom. The van der Waals surface area contributed by atoms with Crippen molar-refractivity contribution in [1.29, 1.82) is 0 Å². The Kier molecular flexibility index (Phi) is 4.86. The van der Waals surface area contributed by atoms with E-state index in [4.69, 9.17) is 0 Å². The van der Waals surface area contributed by atoms with Gasteiger partial charge in [0.05, 0.1) is 5.69 Å². The molecule has 3 nitrogen and oxygen atoms in total. The average molecular weight is 306 g/mol. The van der Waals surface area contributed by atoms with E-state index in [1.807, 2.05) is 18.5 Å². The maximum atomic E-state index is 10.4. The third kappa shape index (κ3) is 3.19. The molecule has 0 aliphatic heterocycles. The minimum Gasteiger partial charge on any atom is -0.340 e. The number of hydrogen-bond acceptors (Lipinski definition) is 2. The van der Waals surface area contributed by atoms with Gasteiger partial charge < -0.3 is 9.36 Å². The number of para-hydroxylation sites is 1. The van der Waals surface area contributed by atoms with Crippen LogP contribution < -0.4 is 0 Å². The van der Waals surface area contributed by atoms with Crippen molar-refractivity contribution in [2.45, 2.75) is 39.2 Å². The van der Waals surface area contributed by atoms with Crippen LogP contribution in [-0.2, 0) is 11.3 Å². The first-order chi connectivity index (χ1) is 11.3. The van der Waals surface area contributed by atoms with Crippen LogP contribution in [0.3, 0.4) is 0 Å². The molecule has 0 amide bonds. The lowest BCUT2D eigenvalue weighted by atomic mass is 10.1. The molecule has 0 unspecified atom stereocenters. The SMILES string of the molecule is Cc1c(-c2cccnc2)n(CCCCCC=O)c2ccccc12. The molecule has 2 heterocycles. The number of hydrogen-bond donors (Lipinski definition) is 0. The Bertz CT molecular complexity index is 790. The molecule has 3 aromatic rings. The van der Waals surface area contributed by atoms with Crippen LogP contribution in [0.4, 0.5) is 0 Å². The van der Waals surface area contributed by atoms with Gasteiger partial charge in [0.1, 0.15) is 6.29 Å². The normalized spacial score (nSPS) is 11.0. The Labute approximate surface area is 137 Å². The average Bonchev–Trinajstić information content (AvgIpc) is 2.88. The number of aryl methyl sites for hydroxylation is 2. The Hall–Kier alpha value is -2.42. The molecule has 0 radical (unpaired) electrons. The van der Waals surface area contributed by atoms with Crippen LogP contribution in [0.5, 0.6) is 0 Å². The summed E-state index contributed by atoms with van der Waals surface area (Å²) in [4.78, 5) is 14.7. The molecule has 0 atom stereocenters. The smallest absolute Gasteiger partial charge is 0.119 e. The molecular weight excluding hydrogens is 284 g/mol. The summed E-state index contributed by atoms with van der Waals surface area (Å²) in [7, 11) is 0. The Morgan fingerprint density at radius 3 is 2.74 bits per heavy atom. The first kappa shape index (κ1) is 15.5. The largest absolute Gasteiger partial charge is 0.340 e. The van der Waals surface area contributed by atoms with E-state index < -0.39 is 0 Å². The van der Waals surface area contributed by atoms with Crippen LogP contribution in [-0.4, -0.2) is 15.8 Å². The van der Waals surface area contributed by atoms with E-state index in [2.05, 4.69) is 46.8 Å². The monoisotopic (exact) mass is 306 g/mol. The fraction of sp³-hybridized carbons (Fsp3) is 0.300. The van der Waals surface area contributed by atoms with Crippen LogP contribution >= 0.6 is 0 Å². The number of rotatable bonds is 7. The highest BCUT2D eigenvalue weighted by Crippen LogP contribution is 2.33. The molecule has 3 rings (SSSR count). The third-order valence-corrected chi connectivity index (χ3v) is 4.36. The van der Waals surface area contributed by atoms with E-state index in [1.54, 1.807) is 0 Å². The molecule has 0 saturated heterocycles. The van der Waals surface area contributed by atoms with Gasteiger partial charge in [-0.2, -0.15) is 0 Å². The van der Waals surface area contributed by atoms with Crippen molar-refractivity contribution < 1.29 is 4.79 Å². The minimum atomic E-state index is 0.668. The number of aromatic nitrogens is 2. The van der Waals surface area contributed by atoms with Gasteiger partial charge in [-0.25, -0.2) is 0 Å². The number of carbonyl (C=O) groups excluding carboxylic acids is 1. The quantitative estimate of drug-likeness (QED) is 0.465. The van der Waals surface area contributed by atoms with E-state index in [0.29, 0.717) is 6.42 Å². The van der Waals surface area contributed by atoms with Crippen molar-refractivity contribution in [3.05, 3.63) is 54.4 Å². The zero-order valence-electron chi connectivity index (χ0n) is 13.5. The molecule has 0 N–H and O–H groups in total. The van der Waals surface area contributed by atoms with E-state index in [-0.39, 0.29) is 0 Å². The van der Waals surface area contributed by atoms with Crippen molar-refractivity contribution >= 4 is 17.2 Å². The van der Waals surface area contributed by atoms with E-state index >= 15 is 0 Å². The lowest BCUT2D eigenvalue weighted by Gasteiger charge is -2.11. The van der Waals surface area contributed by atoms with Gasteiger partial charge in [-0.3, -0.25) is 4.98 Å². The predicted octanol–water partition coefficient (Wildman–Crippen LogP) is 4.77. The van der Waals surface area contributed by atoms with Gasteiger partial charge in [-0.15, -0.1) is 0 Å². The molecule has 0 aliphatic rings. The molecular formula is C20H22N2O. The summed E-state index contributed by atoms with van der Waals surface area (Å²) in [5.74, 6) is 0. The van der Waals surface area contributed by atoms with Gasteiger partial charge in [-0.05, 0) is 43.5 Å². The highest BCUT2D eigenvalue weighted by Gasteiger charge is 2.15. The maximum absolute atomic E-state index is 10.4. The summed E-state index contributed by atoms with van der Waals surface area (Å²) in [5, 5.41) is 1.30. The lowest BCUT2D eigenvalue weighted by molar-refractivity contribution is -0.107. The predicted molar refractivity (Wildman–Crippen MR) is 94.4 cm³/mol. The fourth-order valence-corrected chi connectivity index (χ4v) is 3.26. The van der Waals surface area contributed by atoms with Crippen LogP contribution in [0.15, 0.2) is 48.8 Å². The summed E-state index contributed by atoms with van der Waals surface area (Å²) >= 11 is 0. The van der Waals surface area contributed by atoms with Crippen LogP contribution in [0, 0.1) is 6.92 Å². The lowest BCUT2D eigenvalue weighted by Crippen LogP contribution is -2.01. The minimum absolute atomic E-state index is 0.668. The first-order valence-electron chi connectivity index (χ1n) is 8.25. The van der Waals surface area contributed by atoms with E-state index in [9.17, 15) is 4.79 Å². The number of aldehydes is 1. The van der Waals surface area contributed by atoms with E-state index in [1.165, 1.54) is 22.2 Å². The van der Waals surface area contributed by atoms with Crippen LogP contribution in [0.2, 0.25) is 0 Å². The zero-order chi connectivity index (χ0) is 16.1. The number of fused-ring (bicyclic) bond motifs is 1. The molecule has 0 bridgehead atoms. The Morgan fingerprint density at radius 2 is 1.96 bits per heavy atom. The molecule has 0 saturated carbocycles. The third-order valence-electron chi connectivity index (χ3n) is 4.36. The van der Waals surface area contributed by atoms with E-state index in [0.717, 1.165) is 37.7 Å². The highest BCUT2D eigenvalue weighted by molar-refractivity contribution is 5.91. The number of nitrogens with zero attached hydrogens (tertiary/aromatic N) is 2. The maximum Gasteiger partial charge on any atom is 0.119 e. The van der Waals surface area contributed by atoms with Crippen molar-refractivity contribution in [3.63, 3.8) is 0 Å². The molecule has 0 aliphatic carbocycles. The molecule has 23 heavy (non-hydrogen) atoms. The van der Waals surface area contributed by atoms with Crippen LogP contribution in [0.25, 0.3) is 22.2 Å². The summed E-state index contributed by atoms with van der Waals surface area (Å²) in [6.45, 7) is 3.16. The second-order valence-electron chi connectivity index (χ2n) is 5.90. The molecule has 2 aromatic heterocycles. The number of unbranched alkanes of at least 4 members (excludes halogenated alkanes) is 3. The number of pyridine rings is 1. The van der Waals surface area contributed by atoms with Crippen molar-refractivity contribution in [2.24, 2.45) is 0 Å². The first-order valence-corrected chi connectivity index (χ1v) is 8.25. The summed E-state index contributed by atoms with van der Waals surface area (Å²) < 4.78 is 2.41. The van der Waals surface area contributed by atoms with Gasteiger partial charge in [0.15, 0.2) is 0 Å². The molecule has 118 valence electrons. The van der Waals surface area contributed by atoms with Gasteiger partial charge in [0.2, 0.25) is 0 Å². The zero-order valence-corrected chi connectivity index (χ0v) is 13.5. The molecule has 3 heteroatoms. The fourth-order valence-electron chi connectivity index (χ4n) is 3.26. The number of benzene rings is 1. The molecule has 0 fully saturated rings. The second kappa shape index (κ2) is 7.23. The van der Waals surface area contributed by atoms with Crippen LogP contribution in [0.1, 0.15) is 31.2 Å². The van der Waals surface area contributed by atoms with Gasteiger partial charge in [0.25, 0.3) is 0 Å². The topological polar surface area (TPSA) is 34.9 Å². The second-order valence-corrected chi connectivity index (χ2v) is 5.90. The molecule has 1 aromatic carbocycles. The summed E-state index contributed by atoms with van der Waals surface area (Å²) in [5.41, 5.74) is 5.00. The van der Waals surface area contributed by atoms with Crippen molar-refractivity contribution in [1.82, 2.24) is 9.55 Å². The van der Waals surface area contributed by atoms with Crippen molar-refractivity contribution in [3.8, 4) is 11.3 Å². The van der Waals surface area contributed by atoms with Gasteiger partial charge in [0, 0.05) is 41.8 Å². The highest BCUT2D eigenvalue weighted by atomic mass is 16.1. The molecule has 0 spiro atoms. The standard InChI is InChI=1S/C20H22N2O/c1-16-18-10-4-5-11-19(18)22(13-6-2-3-7-14-23)20(16)17-9-8-12-21-15-17/h4-5,8-12,14-15H,2-3,6-7,13H2,1H3.